The molecule has 2 aromatic heterocycles. The van der Waals surface area contributed by atoms with Crippen LogP contribution >= 0.6 is 0 Å². The zero-order chi connectivity index (χ0) is 14.8. The van der Waals surface area contributed by atoms with Gasteiger partial charge in [-0.2, -0.15) is 24.7 Å². The molecule has 106 valence electrons. The van der Waals surface area contributed by atoms with E-state index in [9.17, 15) is 8.78 Å². The second-order valence-electron chi connectivity index (χ2n) is 3.94. The molecule has 21 heavy (non-hydrogen) atoms. The Morgan fingerprint density at radius 2 is 1.81 bits per heavy atom. The van der Waals surface area contributed by atoms with Crippen LogP contribution in [-0.4, -0.2) is 29.7 Å². The fourth-order valence-electron chi connectivity index (χ4n) is 1.61. The Morgan fingerprint density at radius 3 is 2.48 bits per heavy atom. The van der Waals surface area contributed by atoms with Crippen molar-refractivity contribution < 1.29 is 8.78 Å². The molecule has 3 N–H and O–H groups in total. The summed E-state index contributed by atoms with van der Waals surface area (Å²) >= 11 is 0. The van der Waals surface area contributed by atoms with Gasteiger partial charge in [-0.3, -0.25) is 0 Å². The number of nitrogens with zero attached hydrogens (tertiary/aromatic N) is 6. The van der Waals surface area contributed by atoms with Crippen molar-refractivity contribution in [2.45, 2.75) is 0 Å². The fourth-order valence-corrected chi connectivity index (χ4v) is 1.61. The highest BCUT2D eigenvalue weighted by atomic mass is 19.1. The Bertz CT molecular complexity index is 754. The Hall–Kier alpha value is -3.17. The molecule has 0 amide bonds. The highest BCUT2D eigenvalue weighted by Crippen LogP contribution is 2.17. The summed E-state index contributed by atoms with van der Waals surface area (Å²) < 4.78 is 27.5. The molecule has 0 saturated carbocycles. The average molecular weight is 290 g/mol. The van der Waals surface area contributed by atoms with Crippen molar-refractivity contribution in [1.29, 1.82) is 0 Å². The predicted molar refractivity (Wildman–Crippen MR) is 68.8 cm³/mol. The normalized spacial score (nSPS) is 10.6. The molecule has 0 aliphatic rings. The van der Waals surface area contributed by atoms with Gasteiger partial charge in [0.15, 0.2) is 0 Å². The van der Waals surface area contributed by atoms with Crippen LogP contribution < -0.4 is 11.1 Å². The lowest BCUT2D eigenvalue weighted by atomic mass is 10.3. The summed E-state index contributed by atoms with van der Waals surface area (Å²) in [6, 6.07) is 2.95. The lowest BCUT2D eigenvalue weighted by Crippen LogP contribution is -2.09. The molecule has 8 nitrogen and oxygen atoms in total. The molecule has 0 aliphatic heterocycles. The van der Waals surface area contributed by atoms with Crippen molar-refractivity contribution in [2.75, 3.05) is 11.1 Å². The van der Waals surface area contributed by atoms with E-state index in [1.165, 1.54) is 17.3 Å². The average Bonchev–Trinajstić information content (AvgIpc) is 2.90. The van der Waals surface area contributed by atoms with Gasteiger partial charge in [0.25, 0.3) is 5.95 Å². The first-order valence-electron chi connectivity index (χ1n) is 5.70. The second-order valence-corrected chi connectivity index (χ2v) is 3.94. The highest BCUT2D eigenvalue weighted by molar-refractivity contribution is 5.54. The van der Waals surface area contributed by atoms with Gasteiger partial charge in [-0.1, -0.05) is 0 Å². The summed E-state index contributed by atoms with van der Waals surface area (Å²) in [6.45, 7) is 0. The summed E-state index contributed by atoms with van der Waals surface area (Å²) in [4.78, 5) is 15.5. The summed E-state index contributed by atoms with van der Waals surface area (Å²) in [5.74, 6) is -1.38. The molecule has 1 aromatic carbocycles. The van der Waals surface area contributed by atoms with Crippen LogP contribution in [0, 0.1) is 11.6 Å². The summed E-state index contributed by atoms with van der Waals surface area (Å²) in [6.07, 6.45) is 2.68. The van der Waals surface area contributed by atoms with Crippen molar-refractivity contribution in [2.24, 2.45) is 0 Å². The maximum atomic E-state index is 13.1. The van der Waals surface area contributed by atoms with Crippen molar-refractivity contribution >= 4 is 17.6 Å². The second kappa shape index (κ2) is 5.07. The summed E-state index contributed by atoms with van der Waals surface area (Å²) in [5.41, 5.74) is 5.71. The molecule has 0 spiro atoms. The number of halogens is 2. The fraction of sp³-hybridized carbons (Fsp3) is 0. The lowest BCUT2D eigenvalue weighted by molar-refractivity contribution is 0.584. The first kappa shape index (κ1) is 12.8. The Morgan fingerprint density at radius 1 is 1.05 bits per heavy atom. The molecular weight excluding hydrogens is 282 g/mol. The van der Waals surface area contributed by atoms with Gasteiger partial charge in [0.2, 0.25) is 11.9 Å². The molecule has 0 fully saturated rings. The third kappa shape index (κ3) is 2.88. The van der Waals surface area contributed by atoms with E-state index >= 15 is 0 Å². The molecule has 10 heteroatoms. The minimum Gasteiger partial charge on any atom is -0.368 e. The Labute approximate surface area is 116 Å². The SMILES string of the molecule is Nc1nc(Nc2cc(F)cc(F)c2)nc(-n2cncn2)n1. The predicted octanol–water partition coefficient (Wildman–Crippen LogP) is 1.06. The van der Waals surface area contributed by atoms with E-state index in [4.69, 9.17) is 5.73 Å². The van der Waals surface area contributed by atoms with Gasteiger partial charge < -0.3 is 11.1 Å². The van der Waals surface area contributed by atoms with Gasteiger partial charge in [0.1, 0.15) is 24.3 Å². The van der Waals surface area contributed by atoms with E-state index in [0.717, 1.165) is 18.2 Å². The summed E-state index contributed by atoms with van der Waals surface area (Å²) in [7, 11) is 0. The molecule has 0 atom stereocenters. The standard InChI is InChI=1S/C11H8F2N8/c12-6-1-7(13)3-8(2-6)17-10-18-9(14)19-11(20-10)21-5-15-4-16-21/h1-5H,(H3,14,17,18,19,20). The van der Waals surface area contributed by atoms with Gasteiger partial charge in [-0.05, 0) is 12.1 Å². The van der Waals surface area contributed by atoms with Crippen LogP contribution in [0.15, 0.2) is 30.9 Å². The number of aromatic nitrogens is 6. The number of rotatable bonds is 3. The topological polar surface area (TPSA) is 107 Å². The van der Waals surface area contributed by atoms with Crippen LogP contribution in [0.25, 0.3) is 5.95 Å². The molecule has 3 rings (SSSR count). The van der Waals surface area contributed by atoms with Crippen molar-refractivity contribution in [1.82, 2.24) is 29.7 Å². The van der Waals surface area contributed by atoms with E-state index in [0.29, 0.717) is 0 Å². The Kier molecular flexibility index (Phi) is 3.10. The number of nitrogens with one attached hydrogen (secondary N) is 1. The van der Waals surface area contributed by atoms with Gasteiger partial charge in [0, 0.05) is 11.8 Å². The van der Waals surface area contributed by atoms with Gasteiger partial charge in [-0.25, -0.2) is 13.8 Å². The Balaban J connectivity index is 1.95. The maximum Gasteiger partial charge on any atom is 0.258 e. The zero-order valence-electron chi connectivity index (χ0n) is 10.4. The van der Waals surface area contributed by atoms with Crippen LogP contribution in [0.2, 0.25) is 0 Å². The van der Waals surface area contributed by atoms with Gasteiger partial charge in [-0.15, -0.1) is 0 Å². The number of anilines is 3. The third-order valence-corrected chi connectivity index (χ3v) is 2.38. The molecular formula is C11H8F2N8. The van der Waals surface area contributed by atoms with Crippen LogP contribution in [0.4, 0.5) is 26.4 Å². The van der Waals surface area contributed by atoms with Gasteiger partial charge >= 0.3 is 0 Å². The first-order chi connectivity index (χ1) is 10.1. The van der Waals surface area contributed by atoms with Crippen LogP contribution in [0.5, 0.6) is 0 Å². The molecule has 0 bridgehead atoms. The van der Waals surface area contributed by atoms with E-state index in [1.54, 1.807) is 0 Å². The minimum atomic E-state index is -0.726. The molecule has 0 saturated heterocycles. The third-order valence-electron chi connectivity index (χ3n) is 2.38. The number of nitrogens with two attached hydrogens (primary N) is 1. The maximum absolute atomic E-state index is 13.1. The number of hydrogen-bond donors (Lipinski definition) is 2. The monoisotopic (exact) mass is 290 g/mol. The van der Waals surface area contributed by atoms with E-state index in [-0.39, 0.29) is 23.5 Å². The highest BCUT2D eigenvalue weighted by Gasteiger charge is 2.08. The van der Waals surface area contributed by atoms with Gasteiger partial charge in [0.05, 0.1) is 0 Å². The molecule has 0 radical (unpaired) electrons. The molecule has 3 aromatic rings. The van der Waals surface area contributed by atoms with E-state index in [2.05, 4.69) is 30.4 Å². The number of nitrogen functional groups attached to an aromatic ring is 1. The number of benzene rings is 1. The van der Waals surface area contributed by atoms with Crippen molar-refractivity contribution in [3.8, 4) is 5.95 Å². The largest absolute Gasteiger partial charge is 0.368 e. The van der Waals surface area contributed by atoms with E-state index in [1.807, 2.05) is 0 Å². The van der Waals surface area contributed by atoms with E-state index < -0.39 is 11.6 Å². The molecule has 0 unspecified atom stereocenters. The number of hydrogen-bond acceptors (Lipinski definition) is 7. The summed E-state index contributed by atoms with van der Waals surface area (Å²) in [5, 5.41) is 6.50. The lowest BCUT2D eigenvalue weighted by Gasteiger charge is -2.07. The molecule has 2 heterocycles. The van der Waals surface area contributed by atoms with Crippen LogP contribution in [-0.2, 0) is 0 Å². The first-order valence-corrected chi connectivity index (χ1v) is 5.70. The quantitative estimate of drug-likeness (QED) is 0.742. The minimum absolute atomic E-state index is 0.0259. The smallest absolute Gasteiger partial charge is 0.258 e. The zero-order valence-corrected chi connectivity index (χ0v) is 10.4. The van der Waals surface area contributed by atoms with Crippen molar-refractivity contribution in [3.05, 3.63) is 42.5 Å². The van der Waals surface area contributed by atoms with Crippen LogP contribution in [0.3, 0.4) is 0 Å². The molecule has 0 aliphatic carbocycles. The van der Waals surface area contributed by atoms with Crippen molar-refractivity contribution in [3.63, 3.8) is 0 Å². The van der Waals surface area contributed by atoms with Crippen LogP contribution in [0.1, 0.15) is 0 Å².